The van der Waals surface area contributed by atoms with Crippen molar-refractivity contribution in [3.8, 4) is 0 Å². The topological polar surface area (TPSA) is 61.4 Å². The first kappa shape index (κ1) is 13.5. The van der Waals surface area contributed by atoms with Gasteiger partial charge in [0.15, 0.2) is 0 Å². The highest BCUT2D eigenvalue weighted by Gasteiger charge is 2.34. The average molecular weight is 268 g/mol. The van der Waals surface area contributed by atoms with Gasteiger partial charge in [-0.1, -0.05) is 0 Å². The summed E-state index contributed by atoms with van der Waals surface area (Å²) in [6.45, 7) is 3.09. The minimum absolute atomic E-state index is 0.0171. The second kappa shape index (κ2) is 5.82. The zero-order valence-corrected chi connectivity index (χ0v) is 11.4. The number of piperidine rings is 1. The zero-order valence-electron chi connectivity index (χ0n) is 10.6. The maximum absolute atomic E-state index is 12.1. The fraction of sp³-hybridized carbons (Fsp3) is 0.615. The third-order valence-electron chi connectivity index (χ3n) is 3.50. The van der Waals surface area contributed by atoms with Crippen molar-refractivity contribution >= 4 is 17.2 Å². The Kier molecular flexibility index (Phi) is 4.37. The lowest BCUT2D eigenvalue weighted by atomic mass is 9.90. The molecule has 2 rings (SSSR count). The Bertz CT molecular complexity index is 386. The molecule has 2 atom stereocenters. The van der Waals surface area contributed by atoms with Crippen molar-refractivity contribution in [2.75, 3.05) is 13.1 Å². The fourth-order valence-electron chi connectivity index (χ4n) is 2.22. The van der Waals surface area contributed by atoms with Crippen LogP contribution in [0.1, 0.15) is 37.9 Å². The second-order valence-electron chi connectivity index (χ2n) is 5.00. The number of carbonyl (C=O) groups excluding carboxylic acids is 1. The molecule has 2 unspecified atom stereocenters. The Hall–Kier alpha value is -0.910. The summed E-state index contributed by atoms with van der Waals surface area (Å²) in [5.41, 5.74) is 0.383. The first-order chi connectivity index (χ1) is 8.62. The van der Waals surface area contributed by atoms with E-state index in [4.69, 9.17) is 0 Å². The minimum atomic E-state index is -0.618. The predicted molar refractivity (Wildman–Crippen MR) is 72.5 cm³/mol. The quantitative estimate of drug-likeness (QED) is 0.774. The maximum Gasteiger partial charge on any atom is 0.240 e. The molecule has 0 spiro atoms. The van der Waals surface area contributed by atoms with Gasteiger partial charge in [-0.3, -0.25) is 4.79 Å². The van der Waals surface area contributed by atoms with Crippen LogP contribution in [0.3, 0.4) is 0 Å². The fourth-order valence-corrected chi connectivity index (χ4v) is 2.92. The third kappa shape index (κ3) is 3.10. The Balaban J connectivity index is 1.84. The molecule has 1 amide bonds. The summed E-state index contributed by atoms with van der Waals surface area (Å²) in [5.74, 6) is -0.0171. The van der Waals surface area contributed by atoms with Gasteiger partial charge in [0.2, 0.25) is 5.91 Å². The van der Waals surface area contributed by atoms with Gasteiger partial charge in [-0.2, -0.15) is 11.3 Å². The minimum Gasteiger partial charge on any atom is -0.387 e. The number of nitrogens with one attached hydrogen (secondary N) is 2. The number of aliphatic hydroxyl groups excluding tert-OH is 1. The molecule has 0 radical (unpaired) electrons. The largest absolute Gasteiger partial charge is 0.387 e. The van der Waals surface area contributed by atoms with E-state index in [0.29, 0.717) is 0 Å². The Morgan fingerprint density at radius 1 is 1.67 bits per heavy atom. The van der Waals surface area contributed by atoms with Crippen LogP contribution < -0.4 is 10.6 Å². The summed E-state index contributed by atoms with van der Waals surface area (Å²) in [5, 5.41) is 19.8. The monoisotopic (exact) mass is 268 g/mol. The van der Waals surface area contributed by atoms with Gasteiger partial charge < -0.3 is 15.7 Å². The summed E-state index contributed by atoms with van der Waals surface area (Å²) < 4.78 is 0. The number of hydrogen-bond donors (Lipinski definition) is 3. The van der Waals surface area contributed by atoms with Gasteiger partial charge >= 0.3 is 0 Å². The highest BCUT2D eigenvalue weighted by molar-refractivity contribution is 7.07. The van der Waals surface area contributed by atoms with Crippen molar-refractivity contribution in [1.82, 2.24) is 10.6 Å². The molecule has 1 aliphatic heterocycles. The molecule has 0 saturated carbocycles. The van der Waals surface area contributed by atoms with Crippen LogP contribution >= 0.6 is 11.3 Å². The molecule has 1 fully saturated rings. The standard InChI is InChI=1S/C13H20N2O2S/c1-13(5-2-3-6-15-13)12(17)14-8-11(16)10-4-7-18-9-10/h4,7,9,11,15-16H,2-3,5-6,8H2,1H3,(H,14,17). The third-order valence-corrected chi connectivity index (χ3v) is 4.21. The molecule has 18 heavy (non-hydrogen) atoms. The van der Waals surface area contributed by atoms with E-state index < -0.39 is 11.6 Å². The molecule has 1 aromatic rings. The summed E-state index contributed by atoms with van der Waals surface area (Å²) in [6, 6.07) is 1.88. The first-order valence-electron chi connectivity index (χ1n) is 6.35. The second-order valence-corrected chi connectivity index (χ2v) is 5.78. The van der Waals surface area contributed by atoms with Gasteiger partial charge in [0.05, 0.1) is 11.6 Å². The van der Waals surface area contributed by atoms with Crippen LogP contribution in [-0.2, 0) is 4.79 Å². The van der Waals surface area contributed by atoms with Crippen LogP contribution in [0.2, 0.25) is 0 Å². The lowest BCUT2D eigenvalue weighted by Crippen LogP contribution is -2.57. The molecular formula is C13H20N2O2S. The van der Waals surface area contributed by atoms with Crippen molar-refractivity contribution in [2.24, 2.45) is 0 Å². The number of thiophene rings is 1. The Morgan fingerprint density at radius 3 is 3.11 bits per heavy atom. The SMILES string of the molecule is CC1(C(=O)NCC(O)c2ccsc2)CCCCN1. The maximum atomic E-state index is 12.1. The van der Waals surface area contributed by atoms with E-state index in [-0.39, 0.29) is 12.5 Å². The van der Waals surface area contributed by atoms with Gasteiger partial charge in [-0.15, -0.1) is 0 Å². The number of rotatable bonds is 4. The van der Waals surface area contributed by atoms with E-state index in [1.165, 1.54) is 0 Å². The summed E-state index contributed by atoms with van der Waals surface area (Å²) in [7, 11) is 0. The van der Waals surface area contributed by atoms with Crippen molar-refractivity contribution in [3.05, 3.63) is 22.4 Å². The first-order valence-corrected chi connectivity index (χ1v) is 7.29. The van der Waals surface area contributed by atoms with Crippen molar-refractivity contribution in [3.63, 3.8) is 0 Å². The molecule has 4 nitrogen and oxygen atoms in total. The van der Waals surface area contributed by atoms with E-state index in [2.05, 4.69) is 10.6 Å². The summed E-state index contributed by atoms with van der Waals surface area (Å²) in [6.07, 6.45) is 2.44. The highest BCUT2D eigenvalue weighted by Crippen LogP contribution is 2.19. The number of amides is 1. The van der Waals surface area contributed by atoms with Gasteiger partial charge in [0, 0.05) is 6.54 Å². The van der Waals surface area contributed by atoms with E-state index in [0.717, 1.165) is 31.4 Å². The van der Waals surface area contributed by atoms with E-state index >= 15 is 0 Å². The number of aliphatic hydroxyl groups is 1. The normalized spacial score (nSPS) is 25.7. The Morgan fingerprint density at radius 2 is 2.50 bits per heavy atom. The molecule has 0 aliphatic carbocycles. The lowest BCUT2D eigenvalue weighted by molar-refractivity contribution is -0.128. The molecule has 0 aromatic carbocycles. The number of hydrogen-bond acceptors (Lipinski definition) is 4. The van der Waals surface area contributed by atoms with Crippen LogP contribution in [0.4, 0.5) is 0 Å². The molecule has 5 heteroatoms. The van der Waals surface area contributed by atoms with Crippen LogP contribution in [-0.4, -0.2) is 29.6 Å². The molecule has 2 heterocycles. The van der Waals surface area contributed by atoms with Crippen LogP contribution in [0, 0.1) is 0 Å². The average Bonchev–Trinajstić information content (AvgIpc) is 2.90. The Labute approximate surface area is 111 Å². The van der Waals surface area contributed by atoms with E-state index in [9.17, 15) is 9.90 Å². The molecular weight excluding hydrogens is 248 g/mol. The molecule has 1 aromatic heterocycles. The zero-order chi connectivity index (χ0) is 13.0. The van der Waals surface area contributed by atoms with Crippen LogP contribution in [0.15, 0.2) is 16.8 Å². The molecule has 100 valence electrons. The summed E-state index contributed by atoms with van der Waals surface area (Å²) in [4.78, 5) is 12.1. The van der Waals surface area contributed by atoms with Crippen molar-refractivity contribution in [2.45, 2.75) is 37.8 Å². The highest BCUT2D eigenvalue weighted by atomic mass is 32.1. The van der Waals surface area contributed by atoms with Gasteiger partial charge in [-0.05, 0) is 55.1 Å². The lowest BCUT2D eigenvalue weighted by Gasteiger charge is -2.33. The molecule has 0 bridgehead atoms. The van der Waals surface area contributed by atoms with Gasteiger partial charge in [-0.25, -0.2) is 0 Å². The smallest absolute Gasteiger partial charge is 0.240 e. The van der Waals surface area contributed by atoms with E-state index in [1.807, 2.05) is 23.8 Å². The molecule has 1 aliphatic rings. The summed E-state index contributed by atoms with van der Waals surface area (Å²) >= 11 is 1.54. The van der Waals surface area contributed by atoms with E-state index in [1.54, 1.807) is 11.3 Å². The molecule has 3 N–H and O–H groups in total. The van der Waals surface area contributed by atoms with Gasteiger partial charge in [0.25, 0.3) is 0 Å². The van der Waals surface area contributed by atoms with Gasteiger partial charge in [0.1, 0.15) is 0 Å². The molecule has 1 saturated heterocycles. The van der Waals surface area contributed by atoms with Crippen LogP contribution in [0.25, 0.3) is 0 Å². The predicted octanol–water partition coefficient (Wildman–Crippen LogP) is 1.43. The van der Waals surface area contributed by atoms with Crippen molar-refractivity contribution in [1.29, 1.82) is 0 Å². The number of carbonyl (C=O) groups is 1. The van der Waals surface area contributed by atoms with Crippen molar-refractivity contribution < 1.29 is 9.90 Å². The van der Waals surface area contributed by atoms with Crippen LogP contribution in [0.5, 0.6) is 0 Å².